The second-order valence-corrected chi connectivity index (χ2v) is 9.68. The molecule has 3 heterocycles. The Morgan fingerprint density at radius 3 is 2.61 bits per heavy atom. The molecular formula is C24H34N8S. The number of hydrogen-bond acceptors (Lipinski definition) is 9. The summed E-state index contributed by atoms with van der Waals surface area (Å²) in [7, 11) is 2.17. The van der Waals surface area contributed by atoms with E-state index in [-0.39, 0.29) is 0 Å². The largest absolute Gasteiger partial charge is 0.369 e. The molecule has 2 atom stereocenters. The number of hydrogen-bond donors (Lipinski definition) is 4. The van der Waals surface area contributed by atoms with Crippen LogP contribution in [0.2, 0.25) is 0 Å². The number of rotatable bonds is 6. The number of pyridine rings is 1. The Morgan fingerprint density at radius 2 is 1.94 bits per heavy atom. The number of piperidine rings is 1. The van der Waals surface area contributed by atoms with Gasteiger partial charge in [0, 0.05) is 51.9 Å². The van der Waals surface area contributed by atoms with Gasteiger partial charge in [-0.15, -0.1) is 12.6 Å². The molecular weight excluding hydrogens is 432 g/mol. The van der Waals surface area contributed by atoms with Crippen molar-refractivity contribution in [3.63, 3.8) is 0 Å². The minimum Gasteiger partial charge on any atom is -0.369 e. The summed E-state index contributed by atoms with van der Waals surface area (Å²) in [6.07, 6.45) is 3.11. The van der Waals surface area contributed by atoms with Crippen molar-refractivity contribution >= 4 is 29.7 Å². The SMILES string of the molecule is CC1CC(NCc2ccc(N3CCN(C)CC3)cn2)CN(c2ccc(C#N)c(NN)c2S)C1. The molecule has 2 aliphatic heterocycles. The second kappa shape index (κ2) is 10.6. The molecule has 0 spiro atoms. The zero-order valence-corrected chi connectivity index (χ0v) is 20.4. The Kier molecular flexibility index (Phi) is 7.60. The summed E-state index contributed by atoms with van der Waals surface area (Å²) < 4.78 is 0. The standard InChI is InChI=1S/C24H34N8S/c1-17-11-20(16-32(15-17)22-6-3-18(12-25)23(29-26)24(22)33)27-13-19-4-5-21(14-28-19)31-9-7-30(2)8-10-31/h3-6,14,17,20,27,29,33H,7-11,13,15-16,26H2,1-2H3. The number of benzene rings is 1. The van der Waals surface area contributed by atoms with Gasteiger partial charge in [0.15, 0.2) is 0 Å². The van der Waals surface area contributed by atoms with Gasteiger partial charge in [0.25, 0.3) is 0 Å². The van der Waals surface area contributed by atoms with Crippen LogP contribution in [-0.2, 0) is 6.54 Å². The second-order valence-electron chi connectivity index (χ2n) is 9.23. The van der Waals surface area contributed by atoms with E-state index in [1.165, 1.54) is 5.69 Å². The molecule has 4 N–H and O–H groups in total. The van der Waals surface area contributed by atoms with E-state index in [0.29, 0.717) is 28.1 Å². The van der Waals surface area contributed by atoms with Crippen molar-refractivity contribution in [1.29, 1.82) is 5.26 Å². The van der Waals surface area contributed by atoms with Crippen molar-refractivity contribution in [2.75, 3.05) is 61.5 Å². The first-order chi connectivity index (χ1) is 16.0. The average molecular weight is 467 g/mol. The quantitative estimate of drug-likeness (QED) is 0.293. The number of piperazine rings is 1. The highest BCUT2D eigenvalue weighted by atomic mass is 32.1. The predicted octanol–water partition coefficient (Wildman–Crippen LogP) is 2.28. The number of nitrogens with two attached hydrogens (primary N) is 1. The third-order valence-electron chi connectivity index (χ3n) is 6.67. The number of likely N-dealkylation sites (N-methyl/N-ethyl adjacent to an activating group) is 1. The van der Waals surface area contributed by atoms with Crippen LogP contribution < -0.4 is 26.4 Å². The van der Waals surface area contributed by atoms with E-state index in [9.17, 15) is 5.26 Å². The molecule has 33 heavy (non-hydrogen) atoms. The lowest BCUT2D eigenvalue weighted by Gasteiger charge is -2.39. The Bertz CT molecular complexity index is 981. The molecule has 2 aromatic rings. The summed E-state index contributed by atoms with van der Waals surface area (Å²) in [4.78, 5) is 12.5. The van der Waals surface area contributed by atoms with Gasteiger partial charge in [-0.25, -0.2) is 0 Å². The Morgan fingerprint density at radius 1 is 1.15 bits per heavy atom. The molecule has 0 aliphatic carbocycles. The molecule has 0 amide bonds. The van der Waals surface area contributed by atoms with Gasteiger partial charge in [0.05, 0.1) is 39.4 Å². The lowest BCUT2D eigenvalue weighted by Crippen LogP contribution is -2.48. The molecule has 2 saturated heterocycles. The molecule has 9 heteroatoms. The summed E-state index contributed by atoms with van der Waals surface area (Å²) in [6.45, 7) is 9.11. The summed E-state index contributed by atoms with van der Waals surface area (Å²) >= 11 is 4.68. The van der Waals surface area contributed by atoms with E-state index in [1.54, 1.807) is 6.07 Å². The summed E-state index contributed by atoms with van der Waals surface area (Å²) in [5.41, 5.74) is 6.97. The van der Waals surface area contributed by atoms with Gasteiger partial charge >= 0.3 is 0 Å². The van der Waals surface area contributed by atoms with Crippen molar-refractivity contribution < 1.29 is 0 Å². The van der Waals surface area contributed by atoms with Crippen LogP contribution in [0.15, 0.2) is 35.4 Å². The first-order valence-corrected chi connectivity index (χ1v) is 12.0. The molecule has 1 aromatic heterocycles. The number of nitrogen functional groups attached to an aromatic ring is 1. The van der Waals surface area contributed by atoms with Crippen molar-refractivity contribution in [3.05, 3.63) is 41.7 Å². The zero-order chi connectivity index (χ0) is 23.4. The Hall–Kier alpha value is -2.51. The van der Waals surface area contributed by atoms with Crippen LogP contribution in [0.4, 0.5) is 17.1 Å². The lowest BCUT2D eigenvalue weighted by molar-refractivity contribution is 0.313. The average Bonchev–Trinajstić information content (AvgIpc) is 2.83. The molecule has 2 fully saturated rings. The maximum Gasteiger partial charge on any atom is 0.101 e. The van der Waals surface area contributed by atoms with E-state index in [4.69, 9.17) is 10.8 Å². The van der Waals surface area contributed by atoms with Gasteiger partial charge in [-0.05, 0) is 43.7 Å². The highest BCUT2D eigenvalue weighted by molar-refractivity contribution is 7.80. The minimum atomic E-state index is 0.338. The van der Waals surface area contributed by atoms with Gasteiger partial charge < -0.3 is 25.4 Å². The fourth-order valence-corrected chi connectivity index (χ4v) is 5.19. The Labute approximate surface area is 202 Å². The van der Waals surface area contributed by atoms with E-state index in [2.05, 4.69) is 70.2 Å². The summed E-state index contributed by atoms with van der Waals surface area (Å²) in [5, 5.41) is 13.0. The minimum absolute atomic E-state index is 0.338. The van der Waals surface area contributed by atoms with Crippen LogP contribution in [0.25, 0.3) is 0 Å². The number of anilines is 3. The van der Waals surface area contributed by atoms with Crippen molar-refractivity contribution in [1.82, 2.24) is 15.2 Å². The van der Waals surface area contributed by atoms with Crippen LogP contribution in [0.5, 0.6) is 0 Å². The van der Waals surface area contributed by atoms with E-state index < -0.39 is 0 Å². The van der Waals surface area contributed by atoms with Crippen LogP contribution in [0.1, 0.15) is 24.6 Å². The maximum absolute atomic E-state index is 9.33. The van der Waals surface area contributed by atoms with Crippen LogP contribution in [0.3, 0.4) is 0 Å². The van der Waals surface area contributed by atoms with Crippen LogP contribution in [-0.4, -0.2) is 62.2 Å². The number of aromatic nitrogens is 1. The molecule has 176 valence electrons. The first-order valence-electron chi connectivity index (χ1n) is 11.6. The topological polar surface area (TPSA) is 96.5 Å². The number of thiol groups is 1. The highest BCUT2D eigenvalue weighted by Crippen LogP contribution is 2.35. The molecule has 8 nitrogen and oxygen atoms in total. The smallest absolute Gasteiger partial charge is 0.101 e. The van der Waals surface area contributed by atoms with Crippen LogP contribution in [0, 0.1) is 17.2 Å². The number of hydrazine groups is 1. The molecule has 2 aliphatic rings. The summed E-state index contributed by atoms with van der Waals surface area (Å²) in [6, 6.07) is 10.6. The number of nitrogens with one attached hydrogen (secondary N) is 2. The normalized spacial score (nSPS) is 21.7. The summed E-state index contributed by atoms with van der Waals surface area (Å²) in [5.74, 6) is 6.19. The number of nitrogens with zero attached hydrogens (tertiary/aromatic N) is 5. The van der Waals surface area contributed by atoms with Gasteiger partial charge in [0.2, 0.25) is 0 Å². The van der Waals surface area contributed by atoms with Crippen molar-refractivity contribution in [2.45, 2.75) is 30.8 Å². The lowest BCUT2D eigenvalue weighted by atomic mass is 9.95. The molecule has 2 unspecified atom stereocenters. The van der Waals surface area contributed by atoms with Gasteiger partial charge in [-0.3, -0.25) is 10.8 Å². The molecule has 4 rings (SSSR count). The third-order valence-corrected chi connectivity index (χ3v) is 7.12. The Balaban J connectivity index is 1.38. The molecule has 0 radical (unpaired) electrons. The van der Waals surface area contributed by atoms with Crippen LogP contribution >= 0.6 is 12.6 Å². The molecule has 1 aromatic carbocycles. The monoisotopic (exact) mass is 466 g/mol. The fraction of sp³-hybridized carbons (Fsp3) is 0.500. The van der Waals surface area contributed by atoms with Crippen molar-refractivity contribution in [3.8, 4) is 6.07 Å². The maximum atomic E-state index is 9.33. The fourth-order valence-electron chi connectivity index (χ4n) is 4.79. The molecule has 0 saturated carbocycles. The van der Waals surface area contributed by atoms with Gasteiger partial charge in [-0.2, -0.15) is 5.26 Å². The van der Waals surface area contributed by atoms with E-state index >= 15 is 0 Å². The van der Waals surface area contributed by atoms with E-state index in [0.717, 1.165) is 63.6 Å². The van der Waals surface area contributed by atoms with E-state index in [1.807, 2.05) is 12.3 Å². The number of nitriles is 1. The third kappa shape index (κ3) is 5.53. The first kappa shape index (κ1) is 23.6. The zero-order valence-electron chi connectivity index (χ0n) is 19.5. The predicted molar refractivity (Wildman–Crippen MR) is 137 cm³/mol. The van der Waals surface area contributed by atoms with Gasteiger partial charge in [-0.1, -0.05) is 6.92 Å². The van der Waals surface area contributed by atoms with Crippen molar-refractivity contribution in [2.24, 2.45) is 11.8 Å². The molecule has 0 bridgehead atoms. The van der Waals surface area contributed by atoms with Gasteiger partial charge in [0.1, 0.15) is 6.07 Å². The highest BCUT2D eigenvalue weighted by Gasteiger charge is 2.27.